The van der Waals surface area contributed by atoms with Crippen LogP contribution in [0.1, 0.15) is 5.82 Å². The van der Waals surface area contributed by atoms with E-state index in [4.69, 9.17) is 5.11 Å². The molecule has 0 aliphatic rings. The SMILES string of the molecule is O=C(O)/C=C\c1nnc(-c2cccc(F)c2)[nH]1. The highest BCUT2D eigenvalue weighted by molar-refractivity contribution is 5.84. The second-order valence-electron chi connectivity index (χ2n) is 3.24. The number of nitrogens with one attached hydrogen (secondary N) is 1. The monoisotopic (exact) mass is 233 g/mol. The third-order valence-corrected chi connectivity index (χ3v) is 1.99. The summed E-state index contributed by atoms with van der Waals surface area (Å²) in [5, 5.41) is 15.9. The van der Waals surface area contributed by atoms with Crippen molar-refractivity contribution in [3.8, 4) is 11.4 Å². The molecule has 0 unspecified atom stereocenters. The van der Waals surface area contributed by atoms with Gasteiger partial charge in [0.1, 0.15) is 5.82 Å². The van der Waals surface area contributed by atoms with Crippen molar-refractivity contribution in [3.05, 3.63) is 42.0 Å². The molecule has 0 aliphatic carbocycles. The summed E-state index contributed by atoms with van der Waals surface area (Å²) in [5.74, 6) is -0.767. The summed E-state index contributed by atoms with van der Waals surface area (Å²) in [6, 6.07) is 5.87. The fourth-order valence-electron chi connectivity index (χ4n) is 1.27. The molecule has 0 radical (unpaired) electrons. The molecule has 17 heavy (non-hydrogen) atoms. The number of nitrogens with zero attached hydrogens (tertiary/aromatic N) is 2. The van der Waals surface area contributed by atoms with Crippen molar-refractivity contribution in [1.82, 2.24) is 15.2 Å². The second-order valence-corrected chi connectivity index (χ2v) is 3.24. The Balaban J connectivity index is 2.27. The summed E-state index contributed by atoms with van der Waals surface area (Å²) in [7, 11) is 0. The van der Waals surface area contributed by atoms with Crippen LogP contribution in [-0.2, 0) is 4.79 Å². The third kappa shape index (κ3) is 2.75. The number of H-pyrrole nitrogens is 1. The van der Waals surface area contributed by atoms with E-state index >= 15 is 0 Å². The number of halogens is 1. The molecule has 0 amide bonds. The summed E-state index contributed by atoms with van der Waals surface area (Å²) in [6.45, 7) is 0. The van der Waals surface area contributed by atoms with Crippen LogP contribution in [0.4, 0.5) is 4.39 Å². The van der Waals surface area contributed by atoms with E-state index in [2.05, 4.69) is 15.2 Å². The summed E-state index contributed by atoms with van der Waals surface area (Å²) < 4.78 is 13.0. The molecule has 2 rings (SSSR count). The second kappa shape index (κ2) is 4.56. The molecule has 0 aliphatic heterocycles. The molecular weight excluding hydrogens is 225 g/mol. The maximum atomic E-state index is 13.0. The Morgan fingerprint density at radius 3 is 2.94 bits per heavy atom. The van der Waals surface area contributed by atoms with Crippen LogP contribution in [-0.4, -0.2) is 26.3 Å². The number of carboxylic acid groups (broad SMARTS) is 1. The largest absolute Gasteiger partial charge is 0.478 e. The molecule has 0 fully saturated rings. The molecule has 0 bridgehead atoms. The van der Waals surface area contributed by atoms with Gasteiger partial charge in [0.25, 0.3) is 0 Å². The lowest BCUT2D eigenvalue weighted by Gasteiger charge is -1.94. The number of rotatable bonds is 3. The highest BCUT2D eigenvalue weighted by atomic mass is 19.1. The molecule has 1 aromatic heterocycles. The summed E-state index contributed by atoms with van der Waals surface area (Å²) >= 11 is 0. The van der Waals surface area contributed by atoms with Crippen LogP contribution in [0.5, 0.6) is 0 Å². The Morgan fingerprint density at radius 1 is 1.41 bits per heavy atom. The van der Waals surface area contributed by atoms with Gasteiger partial charge in [0.05, 0.1) is 0 Å². The lowest BCUT2D eigenvalue weighted by Crippen LogP contribution is -1.86. The fourth-order valence-corrected chi connectivity index (χ4v) is 1.27. The number of carboxylic acids is 1. The van der Waals surface area contributed by atoms with E-state index in [1.54, 1.807) is 12.1 Å². The van der Waals surface area contributed by atoms with Crippen LogP contribution in [0, 0.1) is 5.82 Å². The van der Waals surface area contributed by atoms with Crippen molar-refractivity contribution in [2.45, 2.75) is 0 Å². The number of hydrogen-bond donors (Lipinski definition) is 2. The fraction of sp³-hybridized carbons (Fsp3) is 0. The van der Waals surface area contributed by atoms with Gasteiger partial charge < -0.3 is 10.1 Å². The standard InChI is InChI=1S/C11H8FN3O2/c12-8-3-1-2-7(6-8)11-13-9(14-15-11)4-5-10(16)17/h1-6H,(H,16,17)(H,13,14,15)/b5-4-. The number of carbonyl (C=O) groups is 1. The normalized spacial score (nSPS) is 10.9. The minimum atomic E-state index is -1.08. The summed E-state index contributed by atoms with van der Waals surface area (Å²) in [6.07, 6.45) is 2.22. The lowest BCUT2D eigenvalue weighted by atomic mass is 10.2. The molecule has 2 N–H and O–H groups in total. The highest BCUT2D eigenvalue weighted by Gasteiger charge is 2.04. The van der Waals surface area contributed by atoms with Crippen LogP contribution in [0.25, 0.3) is 17.5 Å². The van der Waals surface area contributed by atoms with Crippen molar-refractivity contribution >= 4 is 12.0 Å². The van der Waals surface area contributed by atoms with E-state index in [1.165, 1.54) is 18.2 Å². The maximum Gasteiger partial charge on any atom is 0.328 e. The first-order valence-electron chi connectivity index (χ1n) is 4.75. The Kier molecular flexibility index (Phi) is 2.95. The molecule has 6 heteroatoms. The molecule has 2 aromatic rings. The van der Waals surface area contributed by atoms with Crippen molar-refractivity contribution < 1.29 is 14.3 Å². The van der Waals surface area contributed by atoms with E-state index in [-0.39, 0.29) is 5.82 Å². The Bertz CT molecular complexity index is 578. The van der Waals surface area contributed by atoms with E-state index in [9.17, 15) is 9.18 Å². The molecule has 5 nitrogen and oxygen atoms in total. The Labute approximate surface area is 95.6 Å². The molecule has 86 valence electrons. The van der Waals surface area contributed by atoms with Gasteiger partial charge >= 0.3 is 5.97 Å². The van der Waals surface area contributed by atoms with Crippen LogP contribution in [0.15, 0.2) is 30.3 Å². The van der Waals surface area contributed by atoms with Crippen molar-refractivity contribution in [2.75, 3.05) is 0 Å². The van der Waals surface area contributed by atoms with Crippen molar-refractivity contribution in [2.24, 2.45) is 0 Å². The van der Waals surface area contributed by atoms with E-state index in [0.29, 0.717) is 17.2 Å². The maximum absolute atomic E-state index is 13.0. The zero-order valence-electron chi connectivity index (χ0n) is 8.59. The van der Waals surface area contributed by atoms with Gasteiger partial charge in [-0.2, -0.15) is 0 Å². The first-order valence-corrected chi connectivity index (χ1v) is 4.75. The topological polar surface area (TPSA) is 78.9 Å². The van der Waals surface area contributed by atoms with Gasteiger partial charge in [-0.1, -0.05) is 12.1 Å². The Hall–Kier alpha value is -2.50. The minimum Gasteiger partial charge on any atom is -0.478 e. The van der Waals surface area contributed by atoms with Crippen molar-refractivity contribution in [3.63, 3.8) is 0 Å². The van der Waals surface area contributed by atoms with Crippen LogP contribution >= 0.6 is 0 Å². The number of hydrogen-bond acceptors (Lipinski definition) is 3. The van der Waals surface area contributed by atoms with Gasteiger partial charge in [0.15, 0.2) is 11.6 Å². The minimum absolute atomic E-state index is 0.298. The van der Waals surface area contributed by atoms with Gasteiger partial charge in [-0.25, -0.2) is 9.18 Å². The van der Waals surface area contributed by atoms with Crippen molar-refractivity contribution in [1.29, 1.82) is 0 Å². The number of benzene rings is 1. The van der Waals surface area contributed by atoms with E-state index in [0.717, 1.165) is 6.08 Å². The van der Waals surface area contributed by atoms with E-state index in [1.807, 2.05) is 0 Å². The van der Waals surface area contributed by atoms with Crippen LogP contribution in [0.2, 0.25) is 0 Å². The number of aromatic amines is 1. The molecule has 0 saturated carbocycles. The van der Waals surface area contributed by atoms with Gasteiger partial charge in [0, 0.05) is 11.6 Å². The van der Waals surface area contributed by atoms with Gasteiger partial charge in [-0.05, 0) is 18.2 Å². The lowest BCUT2D eigenvalue weighted by molar-refractivity contribution is -0.131. The average Bonchev–Trinajstić information content (AvgIpc) is 2.75. The molecule has 0 spiro atoms. The number of aliphatic carboxylic acids is 1. The zero-order chi connectivity index (χ0) is 12.3. The van der Waals surface area contributed by atoms with Gasteiger partial charge in [-0.15, -0.1) is 10.2 Å². The zero-order valence-corrected chi connectivity index (χ0v) is 8.59. The van der Waals surface area contributed by atoms with Crippen LogP contribution < -0.4 is 0 Å². The summed E-state index contributed by atoms with van der Waals surface area (Å²) in [4.78, 5) is 13.1. The van der Waals surface area contributed by atoms with Gasteiger partial charge in [0.2, 0.25) is 0 Å². The molecule has 1 heterocycles. The predicted octanol–water partition coefficient (Wildman–Crippen LogP) is 1.71. The predicted molar refractivity (Wildman–Crippen MR) is 58.4 cm³/mol. The quantitative estimate of drug-likeness (QED) is 0.791. The van der Waals surface area contributed by atoms with E-state index < -0.39 is 5.97 Å². The third-order valence-electron chi connectivity index (χ3n) is 1.99. The number of aromatic nitrogens is 3. The molecule has 1 aromatic carbocycles. The first kappa shape index (κ1) is 11.0. The van der Waals surface area contributed by atoms with Crippen LogP contribution in [0.3, 0.4) is 0 Å². The molecular formula is C11H8FN3O2. The smallest absolute Gasteiger partial charge is 0.328 e. The molecule has 0 atom stereocenters. The Morgan fingerprint density at radius 2 is 2.24 bits per heavy atom. The average molecular weight is 233 g/mol. The molecule has 0 saturated heterocycles. The first-order chi connectivity index (χ1) is 8.15. The summed E-state index contributed by atoms with van der Waals surface area (Å²) in [5.41, 5.74) is 0.549. The van der Waals surface area contributed by atoms with Gasteiger partial charge in [-0.3, -0.25) is 0 Å². The highest BCUT2D eigenvalue weighted by Crippen LogP contribution is 2.15.